The number of rotatable bonds is 4. The Kier molecular flexibility index (Phi) is 4.57. The topological polar surface area (TPSA) is 12.5 Å². The molecule has 2 nitrogen and oxygen atoms in total. The van der Waals surface area contributed by atoms with Crippen molar-refractivity contribution in [3.8, 4) is 0 Å². The predicted octanol–water partition coefficient (Wildman–Crippen LogP) is 2.57. The summed E-state index contributed by atoms with van der Waals surface area (Å²) in [4.78, 5) is 2.51. The molecule has 0 aliphatic carbocycles. The minimum atomic E-state index is 0.906. The number of morpholine rings is 1. The van der Waals surface area contributed by atoms with E-state index in [0.717, 1.165) is 26.3 Å². The van der Waals surface area contributed by atoms with Crippen LogP contribution in [-0.4, -0.2) is 37.7 Å². The highest BCUT2D eigenvalue weighted by Gasteiger charge is 2.10. The van der Waals surface area contributed by atoms with Crippen molar-refractivity contribution in [3.63, 3.8) is 0 Å². The Morgan fingerprint density at radius 2 is 1.76 bits per heavy atom. The molecule has 1 aliphatic rings. The summed E-state index contributed by atoms with van der Waals surface area (Å²) in [5.74, 6) is 0. The van der Waals surface area contributed by atoms with Crippen LogP contribution in [0, 0.1) is 13.8 Å². The van der Waals surface area contributed by atoms with Crippen molar-refractivity contribution >= 4 is 0 Å². The van der Waals surface area contributed by atoms with Crippen LogP contribution < -0.4 is 0 Å². The number of ether oxygens (including phenoxy) is 1. The highest BCUT2D eigenvalue weighted by molar-refractivity contribution is 5.33. The van der Waals surface area contributed by atoms with Crippen molar-refractivity contribution in [2.24, 2.45) is 0 Å². The van der Waals surface area contributed by atoms with Gasteiger partial charge in [0.2, 0.25) is 0 Å². The van der Waals surface area contributed by atoms with Crippen LogP contribution >= 0.6 is 0 Å². The van der Waals surface area contributed by atoms with Gasteiger partial charge in [0.1, 0.15) is 0 Å². The van der Waals surface area contributed by atoms with Crippen LogP contribution in [0.3, 0.4) is 0 Å². The fourth-order valence-corrected chi connectivity index (χ4v) is 2.55. The third-order valence-electron chi connectivity index (χ3n) is 3.65. The molecule has 1 aliphatic heterocycles. The van der Waals surface area contributed by atoms with Crippen molar-refractivity contribution in [2.45, 2.75) is 26.7 Å². The summed E-state index contributed by atoms with van der Waals surface area (Å²) in [7, 11) is 0. The molecule has 1 fully saturated rings. The maximum atomic E-state index is 5.36. The minimum absolute atomic E-state index is 0.906. The third kappa shape index (κ3) is 3.55. The molecule has 17 heavy (non-hydrogen) atoms. The summed E-state index contributed by atoms with van der Waals surface area (Å²) in [6.45, 7) is 9.66. The molecule has 0 unspecified atom stereocenters. The number of aryl methyl sites for hydroxylation is 2. The van der Waals surface area contributed by atoms with Gasteiger partial charge < -0.3 is 4.74 Å². The van der Waals surface area contributed by atoms with Gasteiger partial charge >= 0.3 is 0 Å². The Morgan fingerprint density at radius 1 is 1.12 bits per heavy atom. The zero-order valence-corrected chi connectivity index (χ0v) is 11.0. The van der Waals surface area contributed by atoms with E-state index in [1.807, 2.05) is 0 Å². The Bertz CT molecular complexity index is 336. The van der Waals surface area contributed by atoms with Gasteiger partial charge in [-0.05, 0) is 49.9 Å². The largest absolute Gasteiger partial charge is 0.379 e. The molecule has 94 valence electrons. The van der Waals surface area contributed by atoms with Gasteiger partial charge in [0.05, 0.1) is 13.2 Å². The summed E-state index contributed by atoms with van der Waals surface area (Å²) in [5.41, 5.74) is 4.42. The SMILES string of the molecule is Cc1cccc(C)c1CCCN1CCOCC1. The standard InChI is InChI=1S/C15H23NO/c1-13-5-3-6-14(2)15(13)7-4-8-16-9-11-17-12-10-16/h3,5-6H,4,7-12H2,1-2H3. The first-order valence-corrected chi connectivity index (χ1v) is 6.62. The zero-order valence-electron chi connectivity index (χ0n) is 11.0. The van der Waals surface area contributed by atoms with E-state index in [0.29, 0.717) is 0 Å². The van der Waals surface area contributed by atoms with Crippen LogP contribution in [0.25, 0.3) is 0 Å². The lowest BCUT2D eigenvalue weighted by Gasteiger charge is -2.26. The molecule has 0 bridgehead atoms. The number of hydrogen-bond donors (Lipinski definition) is 0. The van der Waals surface area contributed by atoms with E-state index in [1.165, 1.54) is 30.5 Å². The number of benzene rings is 1. The van der Waals surface area contributed by atoms with Gasteiger partial charge in [0.25, 0.3) is 0 Å². The van der Waals surface area contributed by atoms with Crippen molar-refractivity contribution in [1.29, 1.82) is 0 Å². The molecule has 0 N–H and O–H groups in total. The van der Waals surface area contributed by atoms with E-state index < -0.39 is 0 Å². The highest BCUT2D eigenvalue weighted by Crippen LogP contribution is 2.15. The first kappa shape index (κ1) is 12.6. The summed E-state index contributed by atoms with van der Waals surface area (Å²) in [5, 5.41) is 0. The van der Waals surface area contributed by atoms with Crippen LogP contribution in [0.5, 0.6) is 0 Å². The van der Waals surface area contributed by atoms with E-state index in [9.17, 15) is 0 Å². The molecular weight excluding hydrogens is 210 g/mol. The Hall–Kier alpha value is -0.860. The Labute approximate surface area is 105 Å². The molecule has 2 heteroatoms. The average Bonchev–Trinajstić information content (AvgIpc) is 2.34. The van der Waals surface area contributed by atoms with Crippen LogP contribution in [0.2, 0.25) is 0 Å². The van der Waals surface area contributed by atoms with Crippen molar-refractivity contribution < 1.29 is 4.74 Å². The van der Waals surface area contributed by atoms with E-state index in [-0.39, 0.29) is 0 Å². The van der Waals surface area contributed by atoms with Crippen LogP contribution in [0.15, 0.2) is 18.2 Å². The summed E-state index contributed by atoms with van der Waals surface area (Å²) >= 11 is 0. The van der Waals surface area contributed by atoms with E-state index >= 15 is 0 Å². The zero-order chi connectivity index (χ0) is 12.1. The van der Waals surface area contributed by atoms with Gasteiger partial charge in [-0.3, -0.25) is 4.90 Å². The molecule has 0 aromatic heterocycles. The van der Waals surface area contributed by atoms with Gasteiger partial charge in [-0.2, -0.15) is 0 Å². The molecule has 0 atom stereocenters. The first-order chi connectivity index (χ1) is 8.27. The summed E-state index contributed by atoms with van der Waals surface area (Å²) < 4.78 is 5.36. The van der Waals surface area contributed by atoms with Gasteiger partial charge in [0, 0.05) is 13.1 Å². The quantitative estimate of drug-likeness (QED) is 0.792. The van der Waals surface area contributed by atoms with Crippen molar-refractivity contribution in [2.75, 3.05) is 32.8 Å². The second-order valence-corrected chi connectivity index (χ2v) is 4.93. The number of nitrogens with zero attached hydrogens (tertiary/aromatic N) is 1. The maximum Gasteiger partial charge on any atom is 0.0594 e. The second-order valence-electron chi connectivity index (χ2n) is 4.93. The lowest BCUT2D eigenvalue weighted by molar-refractivity contribution is 0.0374. The molecule has 1 heterocycles. The molecule has 1 aromatic rings. The van der Waals surface area contributed by atoms with Gasteiger partial charge in [-0.15, -0.1) is 0 Å². The van der Waals surface area contributed by atoms with Crippen molar-refractivity contribution in [3.05, 3.63) is 34.9 Å². The lowest BCUT2D eigenvalue weighted by atomic mass is 9.98. The summed E-state index contributed by atoms with van der Waals surface area (Å²) in [6, 6.07) is 6.59. The molecule has 0 radical (unpaired) electrons. The molecular formula is C15H23NO. The van der Waals surface area contributed by atoms with Crippen LogP contribution in [0.4, 0.5) is 0 Å². The third-order valence-corrected chi connectivity index (χ3v) is 3.65. The average molecular weight is 233 g/mol. The second kappa shape index (κ2) is 6.18. The maximum absolute atomic E-state index is 5.36. The van der Waals surface area contributed by atoms with Crippen LogP contribution in [-0.2, 0) is 11.2 Å². The monoisotopic (exact) mass is 233 g/mol. The minimum Gasteiger partial charge on any atom is -0.379 e. The Morgan fingerprint density at radius 3 is 2.41 bits per heavy atom. The molecule has 0 spiro atoms. The normalized spacial score (nSPS) is 17.3. The van der Waals surface area contributed by atoms with E-state index in [2.05, 4.69) is 36.9 Å². The highest BCUT2D eigenvalue weighted by atomic mass is 16.5. The smallest absolute Gasteiger partial charge is 0.0594 e. The predicted molar refractivity (Wildman–Crippen MR) is 71.5 cm³/mol. The molecule has 2 rings (SSSR count). The summed E-state index contributed by atoms with van der Waals surface area (Å²) in [6.07, 6.45) is 2.46. The molecule has 1 saturated heterocycles. The van der Waals surface area contributed by atoms with Gasteiger partial charge in [0.15, 0.2) is 0 Å². The van der Waals surface area contributed by atoms with E-state index in [1.54, 1.807) is 5.56 Å². The molecule has 0 saturated carbocycles. The fraction of sp³-hybridized carbons (Fsp3) is 0.600. The van der Waals surface area contributed by atoms with E-state index in [4.69, 9.17) is 4.74 Å². The fourth-order valence-electron chi connectivity index (χ4n) is 2.55. The lowest BCUT2D eigenvalue weighted by Crippen LogP contribution is -2.37. The van der Waals surface area contributed by atoms with Gasteiger partial charge in [-0.25, -0.2) is 0 Å². The number of hydrogen-bond acceptors (Lipinski definition) is 2. The molecule has 0 amide bonds. The van der Waals surface area contributed by atoms with Crippen molar-refractivity contribution in [1.82, 2.24) is 4.90 Å². The van der Waals surface area contributed by atoms with Crippen LogP contribution in [0.1, 0.15) is 23.1 Å². The van der Waals surface area contributed by atoms with Gasteiger partial charge in [-0.1, -0.05) is 18.2 Å². The first-order valence-electron chi connectivity index (χ1n) is 6.62. The Balaban J connectivity index is 1.81. The molecule has 1 aromatic carbocycles.